The maximum Gasteiger partial charge on any atom is 0.329 e. The fraction of sp³-hybridized carbons (Fsp3) is 0.750. The third kappa shape index (κ3) is 5.69. The van der Waals surface area contributed by atoms with E-state index in [1.165, 1.54) is 0 Å². The van der Waals surface area contributed by atoms with E-state index in [1.54, 1.807) is 4.90 Å². The lowest BCUT2D eigenvalue weighted by atomic mass is 9.84. The number of carboxylic acids is 1. The Hall–Kier alpha value is -1.63. The molecule has 0 unspecified atom stereocenters. The number of hydrogen-bond acceptors (Lipinski definition) is 4. The molecule has 1 rings (SSSR count). The SMILES string of the molecule is CC1(C)CCCN(C(=O)NC(=O)COCC(=O)O)C1. The number of carboxylic acid groups (broad SMARTS) is 1. The molecule has 0 radical (unpaired) electrons. The van der Waals surface area contributed by atoms with Crippen LogP contribution in [0.15, 0.2) is 0 Å². The molecular weight excluding hydrogens is 252 g/mol. The van der Waals surface area contributed by atoms with Crippen LogP contribution < -0.4 is 5.32 Å². The molecule has 19 heavy (non-hydrogen) atoms. The van der Waals surface area contributed by atoms with Crippen molar-refractivity contribution in [3.8, 4) is 0 Å². The zero-order valence-corrected chi connectivity index (χ0v) is 11.3. The van der Waals surface area contributed by atoms with E-state index >= 15 is 0 Å². The Morgan fingerprint density at radius 1 is 1.32 bits per heavy atom. The zero-order valence-electron chi connectivity index (χ0n) is 11.3. The molecule has 0 aromatic heterocycles. The van der Waals surface area contributed by atoms with Gasteiger partial charge in [0.05, 0.1) is 0 Å². The number of nitrogens with zero attached hydrogens (tertiary/aromatic N) is 1. The minimum absolute atomic E-state index is 0.0540. The molecule has 0 aromatic carbocycles. The molecule has 0 atom stereocenters. The van der Waals surface area contributed by atoms with Crippen molar-refractivity contribution >= 4 is 17.9 Å². The Bertz CT molecular complexity index is 367. The molecule has 0 saturated carbocycles. The lowest BCUT2D eigenvalue weighted by molar-refractivity contribution is -0.143. The third-order valence-electron chi connectivity index (χ3n) is 2.89. The first-order valence-corrected chi connectivity index (χ1v) is 6.18. The Morgan fingerprint density at radius 2 is 2.00 bits per heavy atom. The first-order valence-electron chi connectivity index (χ1n) is 6.18. The van der Waals surface area contributed by atoms with E-state index in [9.17, 15) is 14.4 Å². The van der Waals surface area contributed by atoms with Gasteiger partial charge in [-0.3, -0.25) is 10.1 Å². The van der Waals surface area contributed by atoms with Gasteiger partial charge in [-0.05, 0) is 18.3 Å². The quantitative estimate of drug-likeness (QED) is 0.774. The molecule has 7 heteroatoms. The number of rotatable bonds is 4. The van der Waals surface area contributed by atoms with E-state index in [2.05, 4.69) is 23.9 Å². The molecule has 1 aliphatic heterocycles. The van der Waals surface area contributed by atoms with Crippen LogP contribution in [0.25, 0.3) is 0 Å². The standard InChI is InChI=1S/C12H20N2O5/c1-12(2)4-3-5-14(8-12)11(18)13-9(15)6-19-7-10(16)17/h3-8H2,1-2H3,(H,16,17)(H,13,15,18). The lowest BCUT2D eigenvalue weighted by Crippen LogP contribution is -2.50. The molecule has 0 aliphatic carbocycles. The minimum Gasteiger partial charge on any atom is -0.480 e. The highest BCUT2D eigenvalue weighted by Gasteiger charge is 2.29. The average Bonchev–Trinajstić information content (AvgIpc) is 2.26. The Kier molecular flexibility index (Phi) is 5.29. The van der Waals surface area contributed by atoms with E-state index in [0.717, 1.165) is 12.8 Å². The predicted molar refractivity (Wildman–Crippen MR) is 66.6 cm³/mol. The van der Waals surface area contributed by atoms with Crippen molar-refractivity contribution < 1.29 is 24.2 Å². The van der Waals surface area contributed by atoms with E-state index < -0.39 is 31.1 Å². The number of hydrogen-bond donors (Lipinski definition) is 2. The molecule has 3 amide bonds. The van der Waals surface area contributed by atoms with Gasteiger partial charge in [0.2, 0.25) is 0 Å². The Morgan fingerprint density at radius 3 is 2.58 bits per heavy atom. The normalized spacial score (nSPS) is 17.9. The molecule has 1 heterocycles. The summed E-state index contributed by atoms with van der Waals surface area (Å²) in [7, 11) is 0. The van der Waals surface area contributed by atoms with Gasteiger partial charge >= 0.3 is 12.0 Å². The first-order chi connectivity index (χ1) is 8.80. The minimum atomic E-state index is -1.16. The van der Waals surface area contributed by atoms with Gasteiger partial charge in [-0.2, -0.15) is 0 Å². The average molecular weight is 272 g/mol. The van der Waals surface area contributed by atoms with Crippen molar-refractivity contribution in [2.24, 2.45) is 5.41 Å². The maximum atomic E-state index is 11.8. The van der Waals surface area contributed by atoms with Gasteiger partial charge in [-0.25, -0.2) is 9.59 Å². The second-order valence-electron chi connectivity index (χ2n) is 5.43. The lowest BCUT2D eigenvalue weighted by Gasteiger charge is -2.37. The number of urea groups is 1. The fourth-order valence-corrected chi connectivity index (χ4v) is 2.06. The smallest absolute Gasteiger partial charge is 0.329 e. The van der Waals surface area contributed by atoms with Crippen LogP contribution in [-0.2, 0) is 14.3 Å². The number of aliphatic carboxylic acids is 1. The highest BCUT2D eigenvalue weighted by atomic mass is 16.5. The molecule has 0 aromatic rings. The Balaban J connectivity index is 2.33. The van der Waals surface area contributed by atoms with Crippen molar-refractivity contribution in [3.63, 3.8) is 0 Å². The van der Waals surface area contributed by atoms with Gasteiger partial charge in [0.1, 0.15) is 13.2 Å². The van der Waals surface area contributed by atoms with Crippen LogP contribution in [0.5, 0.6) is 0 Å². The summed E-state index contributed by atoms with van der Waals surface area (Å²) in [6.45, 7) is 4.38. The van der Waals surface area contributed by atoms with Crippen molar-refractivity contribution in [2.45, 2.75) is 26.7 Å². The van der Waals surface area contributed by atoms with Crippen LogP contribution >= 0.6 is 0 Å². The monoisotopic (exact) mass is 272 g/mol. The first kappa shape index (κ1) is 15.4. The van der Waals surface area contributed by atoms with Gasteiger partial charge in [-0.15, -0.1) is 0 Å². The van der Waals surface area contributed by atoms with Crippen LogP contribution in [0.4, 0.5) is 4.79 Å². The fourth-order valence-electron chi connectivity index (χ4n) is 2.06. The summed E-state index contributed by atoms with van der Waals surface area (Å²) in [4.78, 5) is 35.0. The van der Waals surface area contributed by atoms with Crippen LogP contribution in [0, 0.1) is 5.41 Å². The molecule has 1 fully saturated rings. The van der Waals surface area contributed by atoms with Crippen LogP contribution in [-0.4, -0.2) is 54.2 Å². The highest BCUT2D eigenvalue weighted by molar-refractivity contribution is 5.95. The topological polar surface area (TPSA) is 95.9 Å². The van der Waals surface area contributed by atoms with Crippen LogP contribution in [0.1, 0.15) is 26.7 Å². The summed E-state index contributed by atoms with van der Waals surface area (Å²) in [6, 6.07) is -0.447. The van der Waals surface area contributed by atoms with Crippen LogP contribution in [0.3, 0.4) is 0 Å². The predicted octanol–water partition coefficient (Wildman–Crippen LogP) is 0.446. The van der Waals surface area contributed by atoms with Gasteiger partial charge in [0, 0.05) is 13.1 Å². The largest absolute Gasteiger partial charge is 0.480 e. The van der Waals surface area contributed by atoms with E-state index in [0.29, 0.717) is 13.1 Å². The maximum absolute atomic E-state index is 11.8. The summed E-state index contributed by atoms with van der Waals surface area (Å²) in [6.07, 6.45) is 1.95. The number of ether oxygens (including phenoxy) is 1. The molecular formula is C12H20N2O5. The summed E-state index contributed by atoms with van der Waals surface area (Å²) >= 11 is 0. The number of imide groups is 1. The molecule has 7 nitrogen and oxygen atoms in total. The molecule has 2 N–H and O–H groups in total. The van der Waals surface area contributed by atoms with Gasteiger partial charge in [0.25, 0.3) is 5.91 Å². The molecule has 0 bridgehead atoms. The van der Waals surface area contributed by atoms with Crippen molar-refractivity contribution in [1.82, 2.24) is 10.2 Å². The van der Waals surface area contributed by atoms with Gasteiger partial charge < -0.3 is 14.7 Å². The van der Waals surface area contributed by atoms with Crippen molar-refractivity contribution in [3.05, 3.63) is 0 Å². The summed E-state index contributed by atoms with van der Waals surface area (Å²) in [5, 5.41) is 10.5. The second kappa shape index (κ2) is 6.51. The number of amides is 3. The summed E-state index contributed by atoms with van der Waals surface area (Å²) in [5.41, 5.74) is 0.0540. The summed E-state index contributed by atoms with van der Waals surface area (Å²) < 4.78 is 4.60. The number of nitrogens with one attached hydrogen (secondary N) is 1. The number of carbonyl (C=O) groups excluding carboxylic acids is 2. The van der Waals surface area contributed by atoms with E-state index in [-0.39, 0.29) is 5.41 Å². The second-order valence-corrected chi connectivity index (χ2v) is 5.43. The zero-order chi connectivity index (χ0) is 14.5. The number of carbonyl (C=O) groups is 3. The van der Waals surface area contributed by atoms with E-state index in [1.807, 2.05) is 0 Å². The van der Waals surface area contributed by atoms with Crippen molar-refractivity contribution in [2.75, 3.05) is 26.3 Å². The number of likely N-dealkylation sites (tertiary alicyclic amines) is 1. The van der Waals surface area contributed by atoms with Crippen LogP contribution in [0.2, 0.25) is 0 Å². The molecule has 1 saturated heterocycles. The molecule has 108 valence electrons. The van der Waals surface area contributed by atoms with Crippen molar-refractivity contribution in [1.29, 1.82) is 0 Å². The van der Waals surface area contributed by atoms with Gasteiger partial charge in [-0.1, -0.05) is 13.8 Å². The summed E-state index contributed by atoms with van der Waals surface area (Å²) in [5.74, 6) is -1.79. The van der Waals surface area contributed by atoms with Gasteiger partial charge in [0.15, 0.2) is 0 Å². The Labute approximate surface area is 111 Å². The molecule has 0 spiro atoms. The highest BCUT2D eigenvalue weighted by Crippen LogP contribution is 2.28. The van der Waals surface area contributed by atoms with E-state index in [4.69, 9.17) is 5.11 Å². The number of piperidine rings is 1. The molecule has 1 aliphatic rings. The third-order valence-corrected chi connectivity index (χ3v) is 2.89.